The minimum Gasteiger partial charge on any atom is -0.506 e. The van der Waals surface area contributed by atoms with Crippen molar-refractivity contribution in [3.8, 4) is 5.75 Å². The van der Waals surface area contributed by atoms with Crippen LogP contribution in [0.2, 0.25) is 0 Å². The summed E-state index contributed by atoms with van der Waals surface area (Å²) in [6, 6.07) is 17.0. The Morgan fingerprint density at radius 2 is 1.58 bits per heavy atom. The van der Waals surface area contributed by atoms with Gasteiger partial charge in [-0.05, 0) is 50.6 Å². The van der Waals surface area contributed by atoms with Crippen molar-refractivity contribution in [2.24, 2.45) is 5.92 Å². The van der Waals surface area contributed by atoms with Gasteiger partial charge in [0.15, 0.2) is 0 Å². The van der Waals surface area contributed by atoms with Crippen LogP contribution in [-0.2, 0) is 16.1 Å². The van der Waals surface area contributed by atoms with Gasteiger partial charge >= 0.3 is 0 Å². The van der Waals surface area contributed by atoms with Crippen LogP contribution < -0.4 is 5.32 Å². The Morgan fingerprint density at radius 3 is 2.24 bits per heavy atom. The van der Waals surface area contributed by atoms with Crippen LogP contribution in [0.1, 0.15) is 25.3 Å². The number of para-hydroxylation sites is 2. The molecule has 0 bridgehead atoms. The number of rotatable bonds is 6. The van der Waals surface area contributed by atoms with Gasteiger partial charge in [-0.25, -0.2) is 0 Å². The lowest BCUT2D eigenvalue weighted by atomic mass is 9.94. The van der Waals surface area contributed by atoms with E-state index in [-0.39, 0.29) is 29.5 Å². The van der Waals surface area contributed by atoms with Gasteiger partial charge in [0.2, 0.25) is 11.8 Å². The number of aromatic hydroxyl groups is 1. The highest BCUT2D eigenvalue weighted by atomic mass is 16.3. The average molecular weight is 451 g/mol. The van der Waals surface area contributed by atoms with E-state index in [2.05, 4.69) is 39.4 Å². The Bertz CT molecular complexity index is 936. The predicted octanol–water partition coefficient (Wildman–Crippen LogP) is 2.78. The molecule has 0 aliphatic carbocycles. The fourth-order valence-corrected chi connectivity index (χ4v) is 4.75. The van der Waals surface area contributed by atoms with Gasteiger partial charge in [0.05, 0.1) is 11.7 Å². The van der Waals surface area contributed by atoms with Crippen LogP contribution in [0, 0.1) is 5.92 Å². The lowest BCUT2D eigenvalue weighted by molar-refractivity contribution is -0.139. The molecule has 2 heterocycles. The zero-order chi connectivity index (χ0) is 23.2. The summed E-state index contributed by atoms with van der Waals surface area (Å²) in [6.45, 7) is 7.66. The van der Waals surface area contributed by atoms with Crippen molar-refractivity contribution in [1.82, 2.24) is 14.7 Å². The molecule has 2 fully saturated rings. The van der Waals surface area contributed by atoms with E-state index < -0.39 is 0 Å². The molecular weight excluding hydrogens is 416 g/mol. The minimum atomic E-state index is -0.173. The number of nitrogens with one attached hydrogen (secondary N) is 1. The Hall–Kier alpha value is -2.90. The van der Waals surface area contributed by atoms with E-state index in [9.17, 15) is 14.7 Å². The van der Waals surface area contributed by atoms with Crippen LogP contribution in [0.5, 0.6) is 5.75 Å². The number of likely N-dealkylation sites (tertiary alicyclic amines) is 1. The fourth-order valence-electron chi connectivity index (χ4n) is 4.75. The summed E-state index contributed by atoms with van der Waals surface area (Å²) in [5.74, 6) is 0.0900. The molecule has 2 N–H and O–H groups in total. The van der Waals surface area contributed by atoms with E-state index in [1.165, 1.54) is 5.56 Å². The summed E-state index contributed by atoms with van der Waals surface area (Å²) < 4.78 is 0. The molecule has 2 amide bonds. The second-order valence-electron chi connectivity index (χ2n) is 9.08. The van der Waals surface area contributed by atoms with Gasteiger partial charge in [-0.1, -0.05) is 42.5 Å². The summed E-state index contributed by atoms with van der Waals surface area (Å²) in [5, 5.41) is 12.7. The number of hydrogen-bond donors (Lipinski definition) is 2. The molecule has 0 aromatic heterocycles. The van der Waals surface area contributed by atoms with Crippen LogP contribution in [-0.4, -0.2) is 76.9 Å². The largest absolute Gasteiger partial charge is 0.506 e. The maximum absolute atomic E-state index is 13.1. The minimum absolute atomic E-state index is 0.0651. The second-order valence-corrected chi connectivity index (χ2v) is 9.08. The molecule has 33 heavy (non-hydrogen) atoms. The molecule has 0 spiro atoms. The molecule has 0 unspecified atom stereocenters. The van der Waals surface area contributed by atoms with Crippen molar-refractivity contribution in [1.29, 1.82) is 0 Å². The molecule has 7 heteroatoms. The molecule has 2 aromatic carbocycles. The van der Waals surface area contributed by atoms with Gasteiger partial charge in [-0.3, -0.25) is 19.4 Å². The molecule has 1 atom stereocenters. The molecule has 0 saturated carbocycles. The van der Waals surface area contributed by atoms with E-state index in [1.54, 1.807) is 24.3 Å². The van der Waals surface area contributed by atoms with Gasteiger partial charge < -0.3 is 15.3 Å². The standard InChI is InChI=1S/C26H34N4O3/c1-20(26(33)30-17-15-28(16-18-30)19-21-7-3-2-4-8-21)29-13-11-22(12-14-29)25(32)27-23-9-5-6-10-24(23)31/h2-10,20,22,31H,11-19H2,1H3,(H,27,32)/t20-/m0/s1. The van der Waals surface area contributed by atoms with Gasteiger partial charge in [0, 0.05) is 38.6 Å². The van der Waals surface area contributed by atoms with Gasteiger partial charge in [-0.2, -0.15) is 0 Å². The predicted molar refractivity (Wildman–Crippen MR) is 129 cm³/mol. The second kappa shape index (κ2) is 10.8. The topological polar surface area (TPSA) is 76.1 Å². The summed E-state index contributed by atoms with van der Waals surface area (Å²) in [6.07, 6.45) is 1.42. The summed E-state index contributed by atoms with van der Waals surface area (Å²) in [5.41, 5.74) is 1.75. The first-order chi connectivity index (χ1) is 16.0. The number of phenols is 1. The quantitative estimate of drug-likeness (QED) is 0.662. The van der Waals surface area contributed by atoms with E-state index in [4.69, 9.17) is 0 Å². The lowest BCUT2D eigenvalue weighted by Crippen LogP contribution is -2.55. The number of piperidine rings is 1. The van der Waals surface area contributed by atoms with E-state index >= 15 is 0 Å². The van der Waals surface area contributed by atoms with Crippen molar-refractivity contribution >= 4 is 17.5 Å². The smallest absolute Gasteiger partial charge is 0.239 e. The van der Waals surface area contributed by atoms with Crippen molar-refractivity contribution in [2.75, 3.05) is 44.6 Å². The Labute approximate surface area is 196 Å². The third-order valence-corrected chi connectivity index (χ3v) is 6.90. The van der Waals surface area contributed by atoms with Crippen LogP contribution in [0.25, 0.3) is 0 Å². The molecular formula is C26H34N4O3. The number of phenolic OH excluding ortho intramolecular Hbond substituents is 1. The van der Waals surface area contributed by atoms with E-state index in [0.717, 1.165) is 45.8 Å². The van der Waals surface area contributed by atoms with Crippen molar-refractivity contribution in [3.05, 3.63) is 60.2 Å². The molecule has 7 nitrogen and oxygen atoms in total. The van der Waals surface area contributed by atoms with Crippen LogP contribution in [0.3, 0.4) is 0 Å². The normalized spacial score (nSPS) is 19.2. The number of hydrogen-bond acceptors (Lipinski definition) is 5. The molecule has 176 valence electrons. The molecule has 0 radical (unpaired) electrons. The summed E-state index contributed by atoms with van der Waals surface area (Å²) >= 11 is 0. The SMILES string of the molecule is C[C@@H](C(=O)N1CCN(Cc2ccccc2)CC1)N1CCC(C(=O)Nc2ccccc2O)CC1. The first-order valence-electron chi connectivity index (χ1n) is 11.9. The number of piperazine rings is 1. The maximum atomic E-state index is 13.1. The molecule has 2 aromatic rings. The molecule has 2 saturated heterocycles. The van der Waals surface area contributed by atoms with Crippen molar-refractivity contribution < 1.29 is 14.7 Å². The zero-order valence-corrected chi connectivity index (χ0v) is 19.3. The van der Waals surface area contributed by atoms with Crippen molar-refractivity contribution in [2.45, 2.75) is 32.4 Å². The molecule has 2 aliphatic rings. The summed E-state index contributed by atoms with van der Waals surface area (Å²) in [7, 11) is 0. The van der Waals surface area contributed by atoms with Crippen LogP contribution in [0.4, 0.5) is 5.69 Å². The number of benzene rings is 2. The van der Waals surface area contributed by atoms with E-state index in [0.29, 0.717) is 18.5 Å². The number of carbonyl (C=O) groups excluding carboxylic acids is 2. The molecule has 4 rings (SSSR count). The van der Waals surface area contributed by atoms with Crippen molar-refractivity contribution in [3.63, 3.8) is 0 Å². The number of amides is 2. The first-order valence-corrected chi connectivity index (χ1v) is 11.9. The Morgan fingerprint density at radius 1 is 0.939 bits per heavy atom. The highest BCUT2D eigenvalue weighted by molar-refractivity contribution is 5.94. The lowest BCUT2D eigenvalue weighted by Gasteiger charge is -2.40. The number of nitrogens with zero attached hydrogens (tertiary/aromatic N) is 3. The molecule has 2 aliphatic heterocycles. The third-order valence-electron chi connectivity index (χ3n) is 6.90. The highest BCUT2D eigenvalue weighted by Gasteiger charge is 2.32. The van der Waals surface area contributed by atoms with Gasteiger partial charge in [0.25, 0.3) is 0 Å². The highest BCUT2D eigenvalue weighted by Crippen LogP contribution is 2.25. The number of anilines is 1. The average Bonchev–Trinajstić information content (AvgIpc) is 2.86. The summed E-state index contributed by atoms with van der Waals surface area (Å²) in [4.78, 5) is 32.3. The van der Waals surface area contributed by atoms with E-state index in [1.807, 2.05) is 17.9 Å². The first kappa shape index (κ1) is 23.3. The zero-order valence-electron chi connectivity index (χ0n) is 19.3. The number of carbonyl (C=O) groups is 2. The maximum Gasteiger partial charge on any atom is 0.239 e. The van der Waals surface area contributed by atoms with Gasteiger partial charge in [-0.15, -0.1) is 0 Å². The van der Waals surface area contributed by atoms with Crippen LogP contribution in [0.15, 0.2) is 54.6 Å². The third kappa shape index (κ3) is 5.92. The van der Waals surface area contributed by atoms with Gasteiger partial charge in [0.1, 0.15) is 5.75 Å². The fraction of sp³-hybridized carbons (Fsp3) is 0.462. The Kier molecular flexibility index (Phi) is 7.62. The Balaban J connectivity index is 1.21. The van der Waals surface area contributed by atoms with Crippen LogP contribution >= 0.6 is 0 Å². The monoisotopic (exact) mass is 450 g/mol.